The van der Waals surface area contributed by atoms with E-state index in [1.807, 2.05) is 6.20 Å². The van der Waals surface area contributed by atoms with Gasteiger partial charge < -0.3 is 5.11 Å². The summed E-state index contributed by atoms with van der Waals surface area (Å²) in [5.74, 6) is 2.34. The number of aliphatic hydroxyl groups is 1. The van der Waals surface area contributed by atoms with E-state index in [0.29, 0.717) is 10.8 Å². The van der Waals surface area contributed by atoms with E-state index < -0.39 is 0 Å². The highest BCUT2D eigenvalue weighted by Crippen LogP contribution is 2.67. The van der Waals surface area contributed by atoms with Crippen molar-refractivity contribution in [3.8, 4) is 0 Å². The van der Waals surface area contributed by atoms with Gasteiger partial charge >= 0.3 is 0 Å². The number of hydrogen-bond acceptors (Lipinski definition) is 2. The minimum absolute atomic E-state index is 0.112. The molecule has 0 bridgehead atoms. The van der Waals surface area contributed by atoms with Gasteiger partial charge in [-0.15, -0.1) is 0 Å². The van der Waals surface area contributed by atoms with Gasteiger partial charge in [0.1, 0.15) is 0 Å². The summed E-state index contributed by atoms with van der Waals surface area (Å²) in [5.41, 5.74) is 6.71. The minimum Gasteiger partial charge on any atom is -0.393 e. The number of aromatic nitrogens is 1. The highest BCUT2D eigenvalue weighted by Gasteiger charge is 2.57. The van der Waals surface area contributed by atoms with Crippen molar-refractivity contribution in [3.05, 3.63) is 47.3 Å². The van der Waals surface area contributed by atoms with E-state index in [-0.39, 0.29) is 6.10 Å². The Kier molecular flexibility index (Phi) is 3.95. The number of fused-ring (bicyclic) bond motifs is 5. The normalized spacial score (nSPS) is 43.6. The topological polar surface area (TPSA) is 33.1 Å². The van der Waals surface area contributed by atoms with Gasteiger partial charge in [0, 0.05) is 12.4 Å². The van der Waals surface area contributed by atoms with E-state index in [2.05, 4.69) is 50.2 Å². The predicted molar refractivity (Wildman–Crippen MR) is 110 cm³/mol. The molecule has 1 aromatic heterocycles. The average molecular weight is 364 g/mol. The Balaban J connectivity index is 1.51. The Morgan fingerprint density at radius 1 is 1.07 bits per heavy atom. The SMILES string of the molecule is CC1=C2C[C@@H](O)CC[C@]2(C)[C@H]2CC[C@]3(C)C(c4cccnc4)=CC[C@H]3[C@@H]2C1. The molecule has 2 saturated carbocycles. The molecule has 6 atom stereocenters. The summed E-state index contributed by atoms with van der Waals surface area (Å²) >= 11 is 0. The van der Waals surface area contributed by atoms with Crippen molar-refractivity contribution in [2.45, 2.75) is 71.8 Å². The van der Waals surface area contributed by atoms with Crippen molar-refractivity contribution in [2.75, 3.05) is 0 Å². The number of pyridine rings is 1. The molecule has 2 nitrogen and oxygen atoms in total. The summed E-state index contributed by atoms with van der Waals surface area (Å²) < 4.78 is 0. The smallest absolute Gasteiger partial charge is 0.0577 e. The molecule has 0 amide bonds. The molecule has 0 saturated heterocycles. The second kappa shape index (κ2) is 6.04. The molecule has 0 aromatic carbocycles. The molecule has 1 heterocycles. The molecule has 1 aromatic rings. The van der Waals surface area contributed by atoms with Crippen molar-refractivity contribution in [1.29, 1.82) is 0 Å². The van der Waals surface area contributed by atoms with Crippen LogP contribution in [-0.4, -0.2) is 16.2 Å². The molecule has 2 heteroatoms. The van der Waals surface area contributed by atoms with Crippen molar-refractivity contribution in [3.63, 3.8) is 0 Å². The molecule has 144 valence electrons. The van der Waals surface area contributed by atoms with E-state index in [1.54, 1.807) is 16.7 Å². The molecule has 0 aliphatic heterocycles. The monoisotopic (exact) mass is 363 g/mol. The highest BCUT2D eigenvalue weighted by atomic mass is 16.3. The summed E-state index contributed by atoms with van der Waals surface area (Å²) in [4.78, 5) is 4.39. The lowest BCUT2D eigenvalue weighted by molar-refractivity contribution is -0.0268. The predicted octanol–water partition coefficient (Wildman–Crippen LogP) is 5.79. The molecular weight excluding hydrogens is 330 g/mol. The number of hydrogen-bond donors (Lipinski definition) is 1. The lowest BCUT2D eigenvalue weighted by Gasteiger charge is -2.58. The first-order chi connectivity index (χ1) is 12.9. The van der Waals surface area contributed by atoms with E-state index in [0.717, 1.165) is 30.6 Å². The zero-order valence-corrected chi connectivity index (χ0v) is 17.0. The first-order valence-corrected chi connectivity index (χ1v) is 10.9. The van der Waals surface area contributed by atoms with Crippen LogP contribution in [0.25, 0.3) is 5.57 Å². The number of aliphatic hydroxyl groups excluding tert-OH is 1. The maximum atomic E-state index is 10.3. The maximum absolute atomic E-state index is 10.3. The lowest BCUT2D eigenvalue weighted by Crippen LogP contribution is -2.50. The Morgan fingerprint density at radius 2 is 1.89 bits per heavy atom. The van der Waals surface area contributed by atoms with Crippen LogP contribution in [0.4, 0.5) is 0 Å². The quantitative estimate of drug-likeness (QED) is 0.641. The highest BCUT2D eigenvalue weighted by molar-refractivity contribution is 5.72. The number of rotatable bonds is 1. The fraction of sp³-hybridized carbons (Fsp3) is 0.640. The summed E-state index contributed by atoms with van der Waals surface area (Å²) in [5, 5.41) is 10.3. The molecule has 0 radical (unpaired) electrons. The van der Waals surface area contributed by atoms with Crippen LogP contribution in [0.5, 0.6) is 0 Å². The maximum Gasteiger partial charge on any atom is 0.0577 e. The van der Waals surface area contributed by atoms with Crippen LogP contribution in [-0.2, 0) is 0 Å². The molecule has 27 heavy (non-hydrogen) atoms. The molecule has 0 spiro atoms. The van der Waals surface area contributed by atoms with Crippen LogP contribution in [0.2, 0.25) is 0 Å². The van der Waals surface area contributed by atoms with Gasteiger partial charge in [-0.25, -0.2) is 0 Å². The molecule has 2 fully saturated rings. The number of nitrogens with zero attached hydrogens (tertiary/aromatic N) is 1. The molecular formula is C25H33NO. The summed E-state index contributed by atoms with van der Waals surface area (Å²) in [6.45, 7) is 7.42. The van der Waals surface area contributed by atoms with Gasteiger partial charge in [0.25, 0.3) is 0 Å². The Bertz CT molecular complexity index is 809. The van der Waals surface area contributed by atoms with Crippen LogP contribution in [0.3, 0.4) is 0 Å². The third-order valence-corrected chi connectivity index (χ3v) is 8.99. The van der Waals surface area contributed by atoms with E-state index in [1.165, 1.54) is 37.7 Å². The fourth-order valence-corrected chi connectivity index (χ4v) is 7.64. The largest absolute Gasteiger partial charge is 0.393 e. The van der Waals surface area contributed by atoms with Gasteiger partial charge in [-0.05, 0) is 97.7 Å². The van der Waals surface area contributed by atoms with Crippen LogP contribution in [0, 0.1) is 28.6 Å². The summed E-state index contributed by atoms with van der Waals surface area (Å²) in [6, 6.07) is 4.32. The molecule has 0 unspecified atom stereocenters. The van der Waals surface area contributed by atoms with Crippen molar-refractivity contribution >= 4 is 5.57 Å². The molecule has 4 aliphatic rings. The van der Waals surface area contributed by atoms with Crippen LogP contribution >= 0.6 is 0 Å². The van der Waals surface area contributed by atoms with Crippen molar-refractivity contribution < 1.29 is 5.11 Å². The Hall–Kier alpha value is -1.41. The van der Waals surface area contributed by atoms with Gasteiger partial charge in [0.15, 0.2) is 0 Å². The zero-order chi connectivity index (χ0) is 18.8. The van der Waals surface area contributed by atoms with Gasteiger partial charge in [0.05, 0.1) is 6.10 Å². The van der Waals surface area contributed by atoms with Crippen LogP contribution in [0.15, 0.2) is 41.7 Å². The summed E-state index contributed by atoms with van der Waals surface area (Å²) in [7, 11) is 0. The zero-order valence-electron chi connectivity index (χ0n) is 17.0. The van der Waals surface area contributed by atoms with Gasteiger partial charge in [-0.1, -0.05) is 37.1 Å². The molecule has 5 rings (SSSR count). The van der Waals surface area contributed by atoms with Crippen LogP contribution in [0.1, 0.15) is 71.3 Å². The Morgan fingerprint density at radius 3 is 2.67 bits per heavy atom. The standard InChI is InChI=1S/C25H33NO/c1-16-13-19-21-7-6-20(17-5-4-12-26-15-17)24(21,2)11-9-22(19)25(3)10-8-18(27)14-23(16)25/h4-6,12,15,18-19,21-22,27H,7-11,13-14H2,1-3H3/t18-,19-,21-,22-,24+,25+/m0/s1. The van der Waals surface area contributed by atoms with E-state index in [9.17, 15) is 5.11 Å². The second-order valence-corrected chi connectivity index (χ2v) is 10.2. The fourth-order valence-electron chi connectivity index (χ4n) is 7.64. The van der Waals surface area contributed by atoms with Gasteiger partial charge in [-0.2, -0.15) is 0 Å². The average Bonchev–Trinajstić information content (AvgIpc) is 3.01. The van der Waals surface area contributed by atoms with Crippen LogP contribution < -0.4 is 0 Å². The van der Waals surface area contributed by atoms with Crippen molar-refractivity contribution in [2.24, 2.45) is 28.6 Å². The third kappa shape index (κ3) is 2.45. The number of allylic oxidation sites excluding steroid dienone is 3. The first kappa shape index (κ1) is 17.7. The second-order valence-electron chi connectivity index (χ2n) is 10.2. The third-order valence-electron chi connectivity index (χ3n) is 8.99. The Labute approximate surface area is 163 Å². The van der Waals surface area contributed by atoms with Crippen molar-refractivity contribution in [1.82, 2.24) is 4.98 Å². The summed E-state index contributed by atoms with van der Waals surface area (Å²) in [6.07, 6.45) is 14.5. The van der Waals surface area contributed by atoms with Gasteiger partial charge in [0.2, 0.25) is 0 Å². The minimum atomic E-state index is -0.112. The first-order valence-electron chi connectivity index (χ1n) is 10.9. The molecule has 4 aliphatic carbocycles. The van der Waals surface area contributed by atoms with E-state index >= 15 is 0 Å². The lowest BCUT2D eigenvalue weighted by atomic mass is 9.46. The molecule has 1 N–H and O–H groups in total. The van der Waals surface area contributed by atoms with E-state index in [4.69, 9.17) is 0 Å². The van der Waals surface area contributed by atoms with Gasteiger partial charge in [-0.3, -0.25) is 4.98 Å².